The average molecular weight is 371 g/mol. The number of hydrogen-bond acceptors (Lipinski definition) is 3. The van der Waals surface area contributed by atoms with E-state index in [0.717, 1.165) is 11.1 Å². The molecule has 0 fully saturated rings. The summed E-state index contributed by atoms with van der Waals surface area (Å²) in [6.07, 6.45) is 1.69. The van der Waals surface area contributed by atoms with Crippen molar-refractivity contribution in [3.63, 3.8) is 0 Å². The van der Waals surface area contributed by atoms with Crippen LogP contribution in [0.4, 0.5) is 0 Å². The minimum atomic E-state index is -3.58. The second kappa shape index (κ2) is 6.34. The van der Waals surface area contributed by atoms with Crippen molar-refractivity contribution < 1.29 is 8.42 Å². The molecular formula is C15H19BrN2O2S. The van der Waals surface area contributed by atoms with Gasteiger partial charge in [0.05, 0.1) is 4.90 Å². The predicted octanol–water partition coefficient (Wildman–Crippen LogP) is 3.33. The van der Waals surface area contributed by atoms with Crippen LogP contribution < -0.4 is 5.32 Å². The minimum Gasteiger partial charge on any atom is -0.316 e. The lowest BCUT2D eigenvalue weighted by Gasteiger charge is -2.09. The van der Waals surface area contributed by atoms with Crippen LogP contribution in [0.15, 0.2) is 46.0 Å². The molecule has 0 radical (unpaired) electrons. The van der Waals surface area contributed by atoms with Gasteiger partial charge >= 0.3 is 0 Å². The van der Waals surface area contributed by atoms with Gasteiger partial charge in [-0.1, -0.05) is 32.0 Å². The van der Waals surface area contributed by atoms with Gasteiger partial charge in [-0.05, 0) is 52.2 Å². The van der Waals surface area contributed by atoms with Gasteiger partial charge in [0.2, 0.25) is 0 Å². The Balaban J connectivity index is 2.62. The Morgan fingerprint density at radius 3 is 2.38 bits per heavy atom. The largest absolute Gasteiger partial charge is 0.316 e. The maximum atomic E-state index is 12.8. The van der Waals surface area contributed by atoms with Gasteiger partial charge in [-0.2, -0.15) is 0 Å². The molecule has 1 heterocycles. The van der Waals surface area contributed by atoms with Crippen molar-refractivity contribution in [2.75, 3.05) is 7.05 Å². The van der Waals surface area contributed by atoms with E-state index in [9.17, 15) is 8.42 Å². The molecule has 1 aromatic heterocycles. The number of hydrogen-bond donors (Lipinski definition) is 1. The zero-order valence-electron chi connectivity index (χ0n) is 12.3. The molecule has 1 N–H and O–H groups in total. The molecule has 0 bridgehead atoms. The number of nitrogens with one attached hydrogen (secondary N) is 1. The first-order valence-electron chi connectivity index (χ1n) is 6.74. The van der Waals surface area contributed by atoms with Gasteiger partial charge in [0, 0.05) is 12.7 Å². The van der Waals surface area contributed by atoms with Gasteiger partial charge in [0.25, 0.3) is 10.0 Å². The van der Waals surface area contributed by atoms with Crippen LogP contribution in [0, 0.1) is 0 Å². The summed E-state index contributed by atoms with van der Waals surface area (Å²) in [5.74, 6) is 0.231. The molecule has 1 aromatic carbocycles. The molecule has 0 aliphatic heterocycles. The summed E-state index contributed by atoms with van der Waals surface area (Å²) in [7, 11) is -1.73. The Bertz CT molecular complexity index is 722. The van der Waals surface area contributed by atoms with Crippen LogP contribution >= 0.6 is 15.9 Å². The van der Waals surface area contributed by atoms with Gasteiger partial charge in [-0.3, -0.25) is 0 Å². The lowest BCUT2D eigenvalue weighted by molar-refractivity contribution is 0.586. The van der Waals surface area contributed by atoms with Gasteiger partial charge in [0.1, 0.15) is 4.60 Å². The van der Waals surface area contributed by atoms with E-state index >= 15 is 0 Å². The highest BCUT2D eigenvalue weighted by Gasteiger charge is 2.24. The number of aromatic nitrogens is 1. The lowest BCUT2D eigenvalue weighted by Crippen LogP contribution is -2.12. The van der Waals surface area contributed by atoms with Crippen molar-refractivity contribution >= 4 is 26.0 Å². The van der Waals surface area contributed by atoms with Crippen LogP contribution in [-0.2, 0) is 16.6 Å². The second-order valence-corrected chi connectivity index (χ2v) is 7.72. The van der Waals surface area contributed by atoms with E-state index in [1.54, 1.807) is 36.5 Å². The van der Waals surface area contributed by atoms with E-state index in [2.05, 4.69) is 35.1 Å². The summed E-state index contributed by atoms with van der Waals surface area (Å²) >= 11 is 3.46. The summed E-state index contributed by atoms with van der Waals surface area (Å²) < 4.78 is 27.4. The SMILES string of the molecule is CNCc1cn(S(=O)(=O)c2ccccc2)c(Br)c1C(C)C. The fraction of sp³-hybridized carbons (Fsp3) is 0.333. The fourth-order valence-corrected chi connectivity index (χ4v) is 5.03. The Morgan fingerprint density at radius 2 is 1.86 bits per heavy atom. The van der Waals surface area contributed by atoms with Crippen molar-refractivity contribution in [2.45, 2.75) is 31.2 Å². The number of rotatable bonds is 5. The summed E-state index contributed by atoms with van der Waals surface area (Å²) in [5, 5.41) is 3.08. The molecule has 0 amide bonds. The van der Waals surface area contributed by atoms with Crippen molar-refractivity contribution in [1.82, 2.24) is 9.29 Å². The number of halogens is 1. The summed E-state index contributed by atoms with van der Waals surface area (Å²) in [6.45, 7) is 4.74. The zero-order chi connectivity index (χ0) is 15.6. The fourth-order valence-electron chi connectivity index (χ4n) is 2.34. The van der Waals surface area contributed by atoms with Crippen LogP contribution in [-0.4, -0.2) is 19.4 Å². The highest BCUT2D eigenvalue weighted by Crippen LogP contribution is 2.32. The molecule has 0 saturated carbocycles. The molecule has 0 atom stereocenters. The quantitative estimate of drug-likeness (QED) is 0.877. The topological polar surface area (TPSA) is 51.1 Å². The monoisotopic (exact) mass is 370 g/mol. The first-order chi connectivity index (χ1) is 9.89. The van der Waals surface area contributed by atoms with Crippen LogP contribution in [0.5, 0.6) is 0 Å². The van der Waals surface area contributed by atoms with E-state index in [1.165, 1.54) is 3.97 Å². The Morgan fingerprint density at radius 1 is 1.24 bits per heavy atom. The van der Waals surface area contributed by atoms with Crippen LogP contribution in [0.1, 0.15) is 30.9 Å². The van der Waals surface area contributed by atoms with Gasteiger partial charge in [-0.15, -0.1) is 0 Å². The van der Waals surface area contributed by atoms with Gasteiger partial charge < -0.3 is 5.32 Å². The van der Waals surface area contributed by atoms with Crippen LogP contribution in [0.25, 0.3) is 0 Å². The van der Waals surface area contributed by atoms with Crippen molar-refractivity contribution in [3.05, 3.63) is 52.3 Å². The molecular weight excluding hydrogens is 352 g/mol. The molecule has 21 heavy (non-hydrogen) atoms. The van der Waals surface area contributed by atoms with E-state index in [0.29, 0.717) is 11.1 Å². The molecule has 114 valence electrons. The Labute approximate surface area is 134 Å². The Hall–Kier alpha value is -1.11. The minimum absolute atomic E-state index is 0.231. The molecule has 0 saturated heterocycles. The number of nitrogens with zero attached hydrogens (tertiary/aromatic N) is 1. The maximum Gasteiger partial charge on any atom is 0.268 e. The first kappa shape index (κ1) is 16.3. The molecule has 6 heteroatoms. The molecule has 0 aliphatic rings. The third-order valence-corrected chi connectivity index (χ3v) is 6.00. The maximum absolute atomic E-state index is 12.8. The van der Waals surface area contributed by atoms with Crippen LogP contribution in [0.2, 0.25) is 0 Å². The highest BCUT2D eigenvalue weighted by atomic mass is 79.9. The normalized spacial score (nSPS) is 12.0. The predicted molar refractivity (Wildman–Crippen MR) is 88.0 cm³/mol. The molecule has 4 nitrogen and oxygen atoms in total. The number of benzene rings is 1. The van der Waals surface area contributed by atoms with Gasteiger partial charge in [0.15, 0.2) is 0 Å². The van der Waals surface area contributed by atoms with E-state index in [4.69, 9.17) is 0 Å². The second-order valence-electron chi connectivity index (χ2n) is 5.16. The van der Waals surface area contributed by atoms with Crippen molar-refractivity contribution in [2.24, 2.45) is 0 Å². The molecule has 0 unspecified atom stereocenters. The van der Waals surface area contributed by atoms with Crippen molar-refractivity contribution in [3.8, 4) is 0 Å². The third-order valence-electron chi connectivity index (χ3n) is 3.28. The molecule has 0 aliphatic carbocycles. The highest BCUT2D eigenvalue weighted by molar-refractivity contribution is 9.10. The standard InChI is InChI=1S/C15H19BrN2O2S/c1-11(2)14-12(9-17-3)10-18(15(14)16)21(19,20)13-7-5-4-6-8-13/h4-8,10-11,17H,9H2,1-3H3. The summed E-state index contributed by atoms with van der Waals surface area (Å²) in [6, 6.07) is 8.46. The Kier molecular flexibility index (Phi) is 4.91. The molecule has 2 rings (SSSR count). The van der Waals surface area contributed by atoms with Crippen molar-refractivity contribution in [1.29, 1.82) is 0 Å². The zero-order valence-corrected chi connectivity index (χ0v) is 14.7. The summed E-state index contributed by atoms with van der Waals surface area (Å²) in [5.41, 5.74) is 2.00. The third kappa shape index (κ3) is 3.07. The summed E-state index contributed by atoms with van der Waals surface area (Å²) in [4.78, 5) is 0.284. The van der Waals surface area contributed by atoms with Gasteiger partial charge in [-0.25, -0.2) is 12.4 Å². The van der Waals surface area contributed by atoms with E-state index < -0.39 is 10.0 Å². The molecule has 0 spiro atoms. The average Bonchev–Trinajstić information content (AvgIpc) is 2.78. The van der Waals surface area contributed by atoms with E-state index in [-0.39, 0.29) is 10.8 Å². The van der Waals surface area contributed by atoms with E-state index in [1.807, 2.05) is 7.05 Å². The first-order valence-corrected chi connectivity index (χ1v) is 8.97. The lowest BCUT2D eigenvalue weighted by atomic mass is 10.0. The molecule has 2 aromatic rings. The van der Waals surface area contributed by atoms with Crippen LogP contribution in [0.3, 0.4) is 0 Å². The smallest absolute Gasteiger partial charge is 0.268 e.